The van der Waals surface area contributed by atoms with Crippen LogP contribution >= 0.6 is 0 Å². The van der Waals surface area contributed by atoms with Crippen molar-refractivity contribution in [3.8, 4) is 5.75 Å². The molecule has 2 rings (SSSR count). The number of hydrogen-bond acceptors (Lipinski definition) is 4. The predicted octanol–water partition coefficient (Wildman–Crippen LogP) is 1.82. The zero-order valence-corrected chi connectivity index (χ0v) is 14.7. The summed E-state index contributed by atoms with van der Waals surface area (Å²) in [4.78, 5) is 27.2. The van der Waals surface area contributed by atoms with Crippen molar-refractivity contribution in [3.63, 3.8) is 0 Å². The summed E-state index contributed by atoms with van der Waals surface area (Å²) in [7, 11) is 3.38. The molecular formula is C18H27N3O3. The van der Waals surface area contributed by atoms with E-state index in [9.17, 15) is 9.59 Å². The van der Waals surface area contributed by atoms with E-state index in [4.69, 9.17) is 4.74 Å². The average molecular weight is 333 g/mol. The van der Waals surface area contributed by atoms with Gasteiger partial charge in [-0.15, -0.1) is 0 Å². The molecule has 2 amide bonds. The van der Waals surface area contributed by atoms with E-state index in [1.165, 1.54) is 11.3 Å². The SMILES string of the molecule is C[C@H]1CCCN(C(=O)CNc2cccc(OCC(=O)N(C)C)c2)C1. The van der Waals surface area contributed by atoms with Crippen molar-refractivity contribution in [1.29, 1.82) is 0 Å². The van der Waals surface area contributed by atoms with E-state index in [2.05, 4.69) is 12.2 Å². The van der Waals surface area contributed by atoms with Gasteiger partial charge in [0.2, 0.25) is 5.91 Å². The Morgan fingerprint density at radius 2 is 2.17 bits per heavy atom. The van der Waals surface area contributed by atoms with Gasteiger partial charge >= 0.3 is 0 Å². The summed E-state index contributed by atoms with van der Waals surface area (Å²) in [6, 6.07) is 7.31. The molecule has 1 heterocycles. The minimum atomic E-state index is -0.0947. The fourth-order valence-corrected chi connectivity index (χ4v) is 2.68. The Bertz CT molecular complexity index is 574. The van der Waals surface area contributed by atoms with E-state index in [0.717, 1.165) is 25.2 Å². The fraction of sp³-hybridized carbons (Fsp3) is 0.556. The molecule has 132 valence electrons. The molecule has 1 aliphatic heterocycles. The first-order valence-corrected chi connectivity index (χ1v) is 8.40. The third kappa shape index (κ3) is 5.44. The highest BCUT2D eigenvalue weighted by molar-refractivity contribution is 5.81. The van der Waals surface area contributed by atoms with Crippen LogP contribution in [0.15, 0.2) is 24.3 Å². The van der Waals surface area contributed by atoms with Gasteiger partial charge in [-0.3, -0.25) is 9.59 Å². The molecule has 1 atom stereocenters. The van der Waals surface area contributed by atoms with Crippen LogP contribution in [0.4, 0.5) is 5.69 Å². The van der Waals surface area contributed by atoms with E-state index in [1.807, 2.05) is 17.0 Å². The molecule has 0 unspecified atom stereocenters. The summed E-state index contributed by atoms with van der Waals surface area (Å²) in [5.41, 5.74) is 0.809. The van der Waals surface area contributed by atoms with Crippen LogP contribution in [-0.2, 0) is 9.59 Å². The topological polar surface area (TPSA) is 61.9 Å². The zero-order valence-electron chi connectivity index (χ0n) is 14.7. The van der Waals surface area contributed by atoms with Crippen LogP contribution in [0.1, 0.15) is 19.8 Å². The summed E-state index contributed by atoms with van der Waals surface area (Å²) < 4.78 is 5.48. The number of nitrogens with zero attached hydrogens (tertiary/aromatic N) is 2. The van der Waals surface area contributed by atoms with Gasteiger partial charge in [0.15, 0.2) is 6.61 Å². The number of anilines is 1. The molecule has 0 aliphatic carbocycles. The average Bonchev–Trinajstić information content (AvgIpc) is 2.57. The fourth-order valence-electron chi connectivity index (χ4n) is 2.68. The molecule has 1 aliphatic rings. The lowest BCUT2D eigenvalue weighted by molar-refractivity contribution is -0.131. The van der Waals surface area contributed by atoms with E-state index < -0.39 is 0 Å². The first kappa shape index (κ1) is 18.1. The predicted molar refractivity (Wildman–Crippen MR) is 94.1 cm³/mol. The molecule has 1 saturated heterocycles. The number of benzene rings is 1. The summed E-state index contributed by atoms with van der Waals surface area (Å²) in [6.45, 7) is 4.15. The van der Waals surface area contributed by atoms with Crippen molar-refractivity contribution in [2.45, 2.75) is 19.8 Å². The lowest BCUT2D eigenvalue weighted by atomic mass is 10.0. The number of likely N-dealkylation sites (N-methyl/N-ethyl adjacent to an activating group) is 1. The van der Waals surface area contributed by atoms with Crippen molar-refractivity contribution in [3.05, 3.63) is 24.3 Å². The highest BCUT2D eigenvalue weighted by Gasteiger charge is 2.20. The third-order valence-corrected chi connectivity index (χ3v) is 4.15. The first-order chi connectivity index (χ1) is 11.5. The van der Waals surface area contributed by atoms with Gasteiger partial charge in [-0.1, -0.05) is 13.0 Å². The van der Waals surface area contributed by atoms with Crippen molar-refractivity contribution < 1.29 is 14.3 Å². The van der Waals surface area contributed by atoms with Crippen LogP contribution in [0.3, 0.4) is 0 Å². The van der Waals surface area contributed by atoms with Gasteiger partial charge in [-0.2, -0.15) is 0 Å². The van der Waals surface area contributed by atoms with Gasteiger partial charge in [0.25, 0.3) is 5.91 Å². The number of carbonyl (C=O) groups is 2. The maximum atomic E-state index is 12.3. The van der Waals surface area contributed by atoms with Gasteiger partial charge in [0.05, 0.1) is 6.54 Å². The third-order valence-electron chi connectivity index (χ3n) is 4.15. The second-order valence-corrected chi connectivity index (χ2v) is 6.55. The molecule has 0 saturated carbocycles. The molecule has 1 aromatic rings. The second-order valence-electron chi connectivity index (χ2n) is 6.55. The van der Waals surface area contributed by atoms with Crippen LogP contribution in [0, 0.1) is 5.92 Å². The van der Waals surface area contributed by atoms with Crippen molar-refractivity contribution >= 4 is 17.5 Å². The van der Waals surface area contributed by atoms with E-state index >= 15 is 0 Å². The molecule has 0 bridgehead atoms. The second kappa shape index (κ2) is 8.57. The number of rotatable bonds is 6. The quantitative estimate of drug-likeness (QED) is 0.863. The van der Waals surface area contributed by atoms with Gasteiger partial charge in [0.1, 0.15) is 5.75 Å². The van der Waals surface area contributed by atoms with Crippen LogP contribution in [0.2, 0.25) is 0 Å². The molecular weight excluding hydrogens is 306 g/mol. The lowest BCUT2D eigenvalue weighted by Crippen LogP contribution is -2.41. The van der Waals surface area contributed by atoms with Crippen molar-refractivity contribution in [1.82, 2.24) is 9.80 Å². The Morgan fingerprint density at radius 3 is 2.88 bits per heavy atom. The smallest absolute Gasteiger partial charge is 0.259 e. The minimum Gasteiger partial charge on any atom is -0.484 e. The van der Waals surface area contributed by atoms with Gasteiger partial charge in [0, 0.05) is 38.9 Å². The summed E-state index contributed by atoms with van der Waals surface area (Å²) in [5.74, 6) is 1.21. The van der Waals surface area contributed by atoms with Gasteiger partial charge in [-0.25, -0.2) is 0 Å². The van der Waals surface area contributed by atoms with Crippen LogP contribution < -0.4 is 10.1 Å². The molecule has 6 heteroatoms. The van der Waals surface area contributed by atoms with Crippen molar-refractivity contribution in [2.75, 3.05) is 45.7 Å². The molecule has 0 aromatic heterocycles. The summed E-state index contributed by atoms with van der Waals surface area (Å²) in [6.07, 6.45) is 2.28. The Morgan fingerprint density at radius 1 is 1.38 bits per heavy atom. The summed E-state index contributed by atoms with van der Waals surface area (Å²) in [5, 5.41) is 3.14. The van der Waals surface area contributed by atoms with Crippen LogP contribution in [0.25, 0.3) is 0 Å². The minimum absolute atomic E-state index is 0.00104. The number of piperidine rings is 1. The maximum Gasteiger partial charge on any atom is 0.259 e. The van der Waals surface area contributed by atoms with Crippen molar-refractivity contribution in [2.24, 2.45) is 5.92 Å². The highest BCUT2D eigenvalue weighted by Crippen LogP contribution is 2.18. The number of likely N-dealkylation sites (tertiary alicyclic amines) is 1. The Balaban J connectivity index is 1.83. The van der Waals surface area contributed by atoms with Gasteiger partial charge in [-0.05, 0) is 30.9 Å². The number of hydrogen-bond donors (Lipinski definition) is 1. The number of nitrogens with one attached hydrogen (secondary N) is 1. The molecule has 6 nitrogen and oxygen atoms in total. The van der Waals surface area contributed by atoms with Crippen LogP contribution in [0.5, 0.6) is 5.75 Å². The Hall–Kier alpha value is -2.24. The molecule has 24 heavy (non-hydrogen) atoms. The molecule has 1 N–H and O–H groups in total. The molecule has 0 spiro atoms. The van der Waals surface area contributed by atoms with Crippen LogP contribution in [-0.4, -0.2) is 62.0 Å². The molecule has 1 aromatic carbocycles. The summed E-state index contributed by atoms with van der Waals surface area (Å²) >= 11 is 0. The lowest BCUT2D eigenvalue weighted by Gasteiger charge is -2.31. The normalized spacial score (nSPS) is 17.3. The maximum absolute atomic E-state index is 12.3. The first-order valence-electron chi connectivity index (χ1n) is 8.40. The Kier molecular flexibility index (Phi) is 6.46. The number of ether oxygens (including phenoxy) is 1. The number of amides is 2. The van der Waals surface area contributed by atoms with E-state index in [-0.39, 0.29) is 25.0 Å². The largest absolute Gasteiger partial charge is 0.484 e. The number of carbonyl (C=O) groups excluding carboxylic acids is 2. The highest BCUT2D eigenvalue weighted by atomic mass is 16.5. The zero-order chi connectivity index (χ0) is 17.5. The Labute approximate surface area is 143 Å². The molecule has 0 radical (unpaired) electrons. The van der Waals surface area contributed by atoms with E-state index in [1.54, 1.807) is 26.2 Å². The monoisotopic (exact) mass is 333 g/mol. The standard InChI is InChI=1S/C18H27N3O3/c1-14-6-5-9-21(12-14)17(22)11-19-15-7-4-8-16(10-15)24-13-18(23)20(2)3/h4,7-8,10,14,19H,5-6,9,11-13H2,1-3H3/t14-/m0/s1. The molecule has 1 fully saturated rings. The van der Waals surface area contributed by atoms with E-state index in [0.29, 0.717) is 11.7 Å². The van der Waals surface area contributed by atoms with Gasteiger partial charge < -0.3 is 19.9 Å².